The van der Waals surface area contributed by atoms with E-state index in [-0.39, 0.29) is 19.0 Å². The van der Waals surface area contributed by atoms with Gasteiger partial charge >= 0.3 is 5.97 Å². The number of carbonyl (C=O) groups is 2. The molecule has 1 amide bonds. The van der Waals surface area contributed by atoms with Crippen molar-refractivity contribution in [2.24, 2.45) is 0 Å². The van der Waals surface area contributed by atoms with Crippen molar-refractivity contribution in [1.29, 1.82) is 0 Å². The predicted molar refractivity (Wildman–Crippen MR) is 106 cm³/mol. The standard InChI is InChI=1S/C22H27NO5/c1-5-15(3)17-7-9-18(10-8-17)27-14-19-11-12-20(28-19)22(25)23-16(4)13-21(24)26-6-2/h7-13,15H,5-6,14H2,1-4H3,(H,23,25)/b16-13+. The lowest BCUT2D eigenvalue weighted by Crippen LogP contribution is -2.21. The second-order valence-electron chi connectivity index (χ2n) is 6.47. The van der Waals surface area contributed by atoms with Gasteiger partial charge in [0, 0.05) is 11.8 Å². The molecule has 6 nitrogen and oxygen atoms in total. The molecule has 0 aliphatic heterocycles. The van der Waals surface area contributed by atoms with E-state index in [1.165, 1.54) is 11.6 Å². The third-order valence-electron chi connectivity index (χ3n) is 4.26. The Morgan fingerprint density at radius 2 is 1.86 bits per heavy atom. The Kier molecular flexibility index (Phi) is 7.87. The van der Waals surface area contributed by atoms with Gasteiger partial charge in [-0.1, -0.05) is 26.0 Å². The van der Waals surface area contributed by atoms with Gasteiger partial charge in [0.05, 0.1) is 6.61 Å². The van der Waals surface area contributed by atoms with Crippen molar-refractivity contribution in [1.82, 2.24) is 5.32 Å². The van der Waals surface area contributed by atoms with Gasteiger partial charge in [-0.15, -0.1) is 0 Å². The number of allylic oxidation sites excluding steroid dienone is 1. The van der Waals surface area contributed by atoms with Crippen molar-refractivity contribution < 1.29 is 23.5 Å². The lowest BCUT2D eigenvalue weighted by Gasteiger charge is -2.10. The number of hydrogen-bond donors (Lipinski definition) is 1. The number of rotatable bonds is 9. The number of nitrogens with one attached hydrogen (secondary N) is 1. The summed E-state index contributed by atoms with van der Waals surface area (Å²) < 4.78 is 16.0. The van der Waals surface area contributed by atoms with Crippen molar-refractivity contribution in [3.63, 3.8) is 0 Å². The highest BCUT2D eigenvalue weighted by Crippen LogP contribution is 2.22. The summed E-state index contributed by atoms with van der Waals surface area (Å²) in [5.41, 5.74) is 1.65. The van der Waals surface area contributed by atoms with Crippen molar-refractivity contribution >= 4 is 11.9 Å². The third kappa shape index (κ3) is 6.30. The number of furan rings is 1. The lowest BCUT2D eigenvalue weighted by molar-refractivity contribution is -0.137. The van der Waals surface area contributed by atoms with Crippen LogP contribution in [0.1, 0.15) is 61.9 Å². The molecular formula is C22H27NO5. The zero-order valence-corrected chi connectivity index (χ0v) is 16.8. The molecule has 150 valence electrons. The molecule has 0 bridgehead atoms. The summed E-state index contributed by atoms with van der Waals surface area (Å²) in [6, 6.07) is 11.2. The molecule has 0 saturated heterocycles. The summed E-state index contributed by atoms with van der Waals surface area (Å²) in [7, 11) is 0. The molecule has 0 spiro atoms. The van der Waals surface area contributed by atoms with E-state index in [0.29, 0.717) is 17.4 Å². The first-order valence-corrected chi connectivity index (χ1v) is 9.40. The zero-order chi connectivity index (χ0) is 20.5. The Morgan fingerprint density at radius 3 is 2.50 bits per heavy atom. The van der Waals surface area contributed by atoms with Crippen molar-refractivity contribution in [3.05, 3.63) is 65.3 Å². The number of esters is 1. The normalized spacial score (nSPS) is 12.4. The van der Waals surface area contributed by atoms with E-state index in [9.17, 15) is 9.59 Å². The molecule has 1 aromatic heterocycles. The minimum atomic E-state index is -0.506. The van der Waals surface area contributed by atoms with E-state index < -0.39 is 11.9 Å². The Balaban J connectivity index is 1.89. The molecule has 0 aliphatic carbocycles. The molecular weight excluding hydrogens is 358 g/mol. The smallest absolute Gasteiger partial charge is 0.332 e. The van der Waals surface area contributed by atoms with Crippen LogP contribution in [0.2, 0.25) is 0 Å². The molecule has 0 saturated carbocycles. The highest BCUT2D eigenvalue weighted by atomic mass is 16.5. The first-order chi connectivity index (χ1) is 13.4. The largest absolute Gasteiger partial charge is 0.486 e. The Bertz CT molecular complexity index is 820. The molecule has 1 aromatic carbocycles. The van der Waals surface area contributed by atoms with Crippen molar-refractivity contribution in [2.45, 2.75) is 46.6 Å². The fraction of sp³-hybridized carbons (Fsp3) is 0.364. The molecule has 2 rings (SSSR count). The van der Waals surface area contributed by atoms with Crippen LogP contribution >= 0.6 is 0 Å². The maximum absolute atomic E-state index is 12.2. The average molecular weight is 385 g/mol. The second kappa shape index (κ2) is 10.3. The maximum atomic E-state index is 12.2. The summed E-state index contributed by atoms with van der Waals surface area (Å²) >= 11 is 0. The molecule has 0 radical (unpaired) electrons. The van der Waals surface area contributed by atoms with Crippen LogP contribution in [0.25, 0.3) is 0 Å². The molecule has 0 aliphatic rings. The maximum Gasteiger partial charge on any atom is 0.332 e. The van der Waals surface area contributed by atoms with Gasteiger partial charge < -0.3 is 19.2 Å². The summed E-state index contributed by atoms with van der Waals surface area (Å²) in [6.45, 7) is 8.16. The summed E-state index contributed by atoms with van der Waals surface area (Å²) in [4.78, 5) is 23.6. The number of hydrogen-bond acceptors (Lipinski definition) is 5. The summed E-state index contributed by atoms with van der Waals surface area (Å²) in [5.74, 6) is 0.977. The SMILES string of the molecule is CCOC(=O)/C=C(\C)NC(=O)c1ccc(COc2ccc(C(C)CC)cc2)o1. The highest BCUT2D eigenvalue weighted by molar-refractivity contribution is 5.93. The molecule has 1 heterocycles. The zero-order valence-electron chi connectivity index (χ0n) is 16.8. The first-order valence-electron chi connectivity index (χ1n) is 9.40. The third-order valence-corrected chi connectivity index (χ3v) is 4.26. The fourth-order valence-corrected chi connectivity index (χ4v) is 2.50. The Hall–Kier alpha value is -3.02. The molecule has 1 N–H and O–H groups in total. The van der Waals surface area contributed by atoms with Crippen molar-refractivity contribution in [2.75, 3.05) is 6.61 Å². The minimum absolute atomic E-state index is 0.141. The van der Waals surface area contributed by atoms with E-state index >= 15 is 0 Å². The molecule has 0 fully saturated rings. The quantitative estimate of drug-likeness (QED) is 0.505. The van der Waals surface area contributed by atoms with Gasteiger partial charge in [0.25, 0.3) is 5.91 Å². The van der Waals surface area contributed by atoms with Crippen LogP contribution in [-0.4, -0.2) is 18.5 Å². The molecule has 1 atom stereocenters. The summed E-state index contributed by atoms with van der Waals surface area (Å²) in [5, 5.41) is 2.58. The van der Waals surface area contributed by atoms with E-state index in [1.54, 1.807) is 26.0 Å². The molecule has 28 heavy (non-hydrogen) atoms. The van der Waals surface area contributed by atoms with Gasteiger partial charge in [0.15, 0.2) is 5.76 Å². The van der Waals surface area contributed by atoms with Crippen LogP contribution in [0, 0.1) is 0 Å². The fourth-order valence-electron chi connectivity index (χ4n) is 2.50. The molecule has 1 unspecified atom stereocenters. The van der Waals surface area contributed by atoms with E-state index in [0.717, 1.165) is 12.2 Å². The van der Waals surface area contributed by atoms with Gasteiger partial charge in [0.1, 0.15) is 18.1 Å². The monoisotopic (exact) mass is 385 g/mol. The predicted octanol–water partition coefficient (Wildman–Crippen LogP) is 4.57. The average Bonchev–Trinajstić information content (AvgIpc) is 3.15. The van der Waals surface area contributed by atoms with Gasteiger partial charge in [0.2, 0.25) is 0 Å². The number of benzene rings is 1. The van der Waals surface area contributed by atoms with E-state index in [4.69, 9.17) is 13.9 Å². The second-order valence-corrected chi connectivity index (χ2v) is 6.47. The highest BCUT2D eigenvalue weighted by Gasteiger charge is 2.12. The Labute approximate surface area is 165 Å². The number of carbonyl (C=O) groups excluding carboxylic acids is 2. The van der Waals surface area contributed by atoms with Crippen LogP contribution in [0.3, 0.4) is 0 Å². The Morgan fingerprint density at radius 1 is 1.14 bits per heavy atom. The topological polar surface area (TPSA) is 77.8 Å². The van der Waals surface area contributed by atoms with Crippen LogP contribution < -0.4 is 10.1 Å². The van der Waals surface area contributed by atoms with Crippen LogP contribution in [0.15, 0.2) is 52.6 Å². The van der Waals surface area contributed by atoms with E-state index in [1.807, 2.05) is 12.1 Å². The lowest BCUT2D eigenvalue weighted by atomic mass is 9.99. The van der Waals surface area contributed by atoms with Crippen molar-refractivity contribution in [3.8, 4) is 5.75 Å². The molecule has 2 aromatic rings. The van der Waals surface area contributed by atoms with Gasteiger partial charge in [-0.3, -0.25) is 4.79 Å². The van der Waals surface area contributed by atoms with Gasteiger partial charge in [-0.25, -0.2) is 4.79 Å². The molecule has 6 heteroatoms. The van der Waals surface area contributed by atoms with Crippen LogP contribution in [0.4, 0.5) is 0 Å². The van der Waals surface area contributed by atoms with Crippen LogP contribution in [-0.2, 0) is 16.1 Å². The summed E-state index contributed by atoms with van der Waals surface area (Å²) in [6.07, 6.45) is 2.31. The number of ether oxygens (including phenoxy) is 2. The minimum Gasteiger partial charge on any atom is -0.486 e. The number of amides is 1. The van der Waals surface area contributed by atoms with Gasteiger partial charge in [-0.05, 0) is 56.0 Å². The van der Waals surface area contributed by atoms with Crippen LogP contribution in [0.5, 0.6) is 5.75 Å². The van der Waals surface area contributed by atoms with E-state index in [2.05, 4.69) is 31.3 Å². The van der Waals surface area contributed by atoms with Gasteiger partial charge in [-0.2, -0.15) is 0 Å². The first kappa shape index (κ1) is 21.3.